The van der Waals surface area contributed by atoms with Gasteiger partial charge in [-0.2, -0.15) is 15.6 Å². The Kier molecular flexibility index (Phi) is 5.20. The molecule has 3 aromatic heterocycles. The number of hydrogen-bond donors (Lipinski definition) is 0. The second-order valence-corrected chi connectivity index (χ2v) is 15.3. The molecule has 1 fully saturated rings. The molecule has 3 heterocycles. The normalized spacial score (nSPS) is 17.1. The summed E-state index contributed by atoms with van der Waals surface area (Å²) < 4.78 is 9.47. The van der Waals surface area contributed by atoms with Crippen LogP contribution in [-0.4, -0.2) is 39.0 Å². The number of ether oxygens (including phenoxy) is 1. The number of rotatable bonds is 8. The number of hydrogen-bond acceptors (Lipinski definition) is 6. The van der Waals surface area contributed by atoms with Crippen molar-refractivity contribution < 1.29 is 4.74 Å². The van der Waals surface area contributed by atoms with Crippen molar-refractivity contribution in [3.05, 3.63) is 31.0 Å². The van der Waals surface area contributed by atoms with Crippen molar-refractivity contribution in [2.24, 2.45) is 5.41 Å². The summed E-state index contributed by atoms with van der Waals surface area (Å²) in [6, 6.07) is 7.75. The van der Waals surface area contributed by atoms with Gasteiger partial charge in [0.15, 0.2) is 5.54 Å². The van der Waals surface area contributed by atoms with Crippen LogP contribution >= 0.6 is 0 Å². The lowest BCUT2D eigenvalue weighted by Crippen LogP contribution is -2.38. The Morgan fingerprint density at radius 1 is 1.26 bits per heavy atom. The van der Waals surface area contributed by atoms with E-state index in [-0.39, 0.29) is 0 Å². The van der Waals surface area contributed by atoms with Crippen LogP contribution in [0.2, 0.25) is 25.7 Å². The van der Waals surface area contributed by atoms with Crippen LogP contribution in [-0.2, 0) is 17.0 Å². The fourth-order valence-electron chi connectivity index (χ4n) is 3.78. The van der Waals surface area contributed by atoms with Crippen LogP contribution in [0.4, 0.5) is 0 Å². The summed E-state index contributed by atoms with van der Waals surface area (Å²) in [4.78, 5) is 8.92. The van der Waals surface area contributed by atoms with E-state index < -0.39 is 19.0 Å². The number of nitrogens with zero attached hydrogens (tertiary/aromatic N) is 7. The third-order valence-electron chi connectivity index (χ3n) is 6.21. The highest BCUT2D eigenvalue weighted by Crippen LogP contribution is 2.56. The molecule has 1 atom stereocenters. The zero-order valence-corrected chi connectivity index (χ0v) is 19.5. The zero-order chi connectivity index (χ0) is 22.3. The van der Waals surface area contributed by atoms with Crippen LogP contribution in [0.5, 0.6) is 0 Å². The molecule has 1 saturated carbocycles. The summed E-state index contributed by atoms with van der Waals surface area (Å²) in [5.74, 6) is 0. The predicted molar refractivity (Wildman–Crippen MR) is 119 cm³/mol. The Balaban J connectivity index is 1.60. The van der Waals surface area contributed by atoms with Crippen molar-refractivity contribution in [2.45, 2.75) is 57.7 Å². The lowest BCUT2D eigenvalue weighted by atomic mass is 9.85. The average Bonchev–Trinajstić information content (AvgIpc) is 3.20. The van der Waals surface area contributed by atoms with Gasteiger partial charge in [-0.3, -0.25) is 4.68 Å². The standard InChI is InChI=1S/C22H27N7OSi/c1-21(13-23,22(14-24)6-7-22)29-12-17(11-27-29)19-18-5-8-28(20(18)26-15-25-19)16-30-9-10-31(2,3)4/h5,8,11-12,15H,6-7,9-10,16H2,1-4H3. The predicted octanol–water partition coefficient (Wildman–Crippen LogP) is 4.15. The van der Waals surface area contributed by atoms with Gasteiger partial charge >= 0.3 is 0 Å². The van der Waals surface area contributed by atoms with Crippen LogP contribution < -0.4 is 0 Å². The molecule has 1 aliphatic rings. The van der Waals surface area contributed by atoms with Crippen LogP contribution in [0.15, 0.2) is 31.0 Å². The highest BCUT2D eigenvalue weighted by atomic mass is 28.3. The van der Waals surface area contributed by atoms with Gasteiger partial charge in [-0.25, -0.2) is 9.97 Å². The maximum atomic E-state index is 9.85. The van der Waals surface area contributed by atoms with Crippen molar-refractivity contribution in [3.8, 4) is 23.4 Å². The van der Waals surface area contributed by atoms with E-state index >= 15 is 0 Å². The van der Waals surface area contributed by atoms with Gasteiger partial charge in [0.1, 0.15) is 18.7 Å². The first-order valence-electron chi connectivity index (χ1n) is 10.5. The van der Waals surface area contributed by atoms with Crippen LogP contribution in [0.25, 0.3) is 22.3 Å². The van der Waals surface area contributed by atoms with E-state index in [1.807, 2.05) is 23.0 Å². The molecule has 0 saturated heterocycles. The van der Waals surface area contributed by atoms with Crippen molar-refractivity contribution in [1.29, 1.82) is 10.5 Å². The molecule has 4 rings (SSSR count). The fourth-order valence-corrected chi connectivity index (χ4v) is 4.54. The van der Waals surface area contributed by atoms with E-state index in [0.29, 0.717) is 19.6 Å². The molecule has 0 aromatic carbocycles. The minimum absolute atomic E-state index is 0.445. The lowest BCUT2D eigenvalue weighted by molar-refractivity contribution is 0.0899. The number of fused-ring (bicyclic) bond motifs is 1. The molecule has 31 heavy (non-hydrogen) atoms. The minimum Gasteiger partial charge on any atom is -0.361 e. The van der Waals surface area contributed by atoms with Crippen LogP contribution in [0.3, 0.4) is 0 Å². The molecule has 0 spiro atoms. The quantitative estimate of drug-likeness (QED) is 0.390. The van der Waals surface area contributed by atoms with E-state index in [9.17, 15) is 10.5 Å². The Labute approximate surface area is 183 Å². The van der Waals surface area contributed by atoms with E-state index in [4.69, 9.17) is 4.74 Å². The maximum absolute atomic E-state index is 9.85. The Morgan fingerprint density at radius 2 is 2.03 bits per heavy atom. The third-order valence-corrected chi connectivity index (χ3v) is 7.91. The van der Waals surface area contributed by atoms with Crippen LogP contribution in [0, 0.1) is 28.1 Å². The maximum Gasteiger partial charge on any atom is 0.164 e. The van der Waals surface area contributed by atoms with Crippen LogP contribution in [0.1, 0.15) is 19.8 Å². The first-order chi connectivity index (χ1) is 14.7. The molecule has 0 amide bonds. The number of aromatic nitrogens is 5. The van der Waals surface area contributed by atoms with Crippen molar-refractivity contribution in [3.63, 3.8) is 0 Å². The third kappa shape index (κ3) is 3.75. The molecule has 0 radical (unpaired) electrons. The molecular weight excluding hydrogens is 406 g/mol. The molecule has 8 nitrogen and oxygen atoms in total. The smallest absolute Gasteiger partial charge is 0.164 e. The van der Waals surface area contributed by atoms with Gasteiger partial charge < -0.3 is 9.30 Å². The molecule has 160 valence electrons. The fraction of sp³-hybridized carbons (Fsp3) is 0.500. The van der Waals surface area contributed by atoms with Gasteiger partial charge in [0.2, 0.25) is 0 Å². The molecule has 9 heteroatoms. The first-order valence-corrected chi connectivity index (χ1v) is 14.2. The van der Waals surface area contributed by atoms with Crippen molar-refractivity contribution in [1.82, 2.24) is 24.3 Å². The molecule has 1 unspecified atom stereocenters. The average molecular weight is 434 g/mol. The highest BCUT2D eigenvalue weighted by Gasteiger charge is 2.60. The van der Waals surface area contributed by atoms with E-state index in [1.165, 1.54) is 6.33 Å². The SMILES string of the molecule is CC(C#N)(n1cc(-c2ncnc3c2ccn3COCC[Si](C)(C)C)cn1)C1(C#N)CC1. The monoisotopic (exact) mass is 433 g/mol. The van der Waals surface area contributed by atoms with E-state index in [1.54, 1.807) is 17.8 Å². The Hall–Kier alpha value is -3.01. The van der Waals surface area contributed by atoms with Gasteiger partial charge in [-0.1, -0.05) is 19.6 Å². The summed E-state index contributed by atoms with van der Waals surface area (Å²) in [6.45, 7) is 9.97. The van der Waals surface area contributed by atoms with E-state index in [2.05, 4.69) is 46.8 Å². The van der Waals surface area contributed by atoms with Gasteiger partial charge in [0.05, 0.1) is 29.4 Å². The lowest BCUT2D eigenvalue weighted by Gasteiger charge is -2.26. The van der Waals surface area contributed by atoms with Gasteiger partial charge in [-0.05, 0) is 31.9 Å². The topological polar surface area (TPSA) is 105 Å². The largest absolute Gasteiger partial charge is 0.361 e. The van der Waals surface area contributed by atoms with E-state index in [0.717, 1.165) is 34.9 Å². The minimum atomic E-state index is -1.13. The summed E-state index contributed by atoms with van der Waals surface area (Å²) in [5.41, 5.74) is 0.647. The molecule has 0 N–H and O–H groups in total. The Morgan fingerprint density at radius 3 is 2.68 bits per heavy atom. The van der Waals surface area contributed by atoms with Crippen molar-refractivity contribution >= 4 is 19.1 Å². The summed E-state index contributed by atoms with van der Waals surface area (Å²) in [5, 5.41) is 24.8. The van der Waals surface area contributed by atoms with Crippen molar-refractivity contribution in [2.75, 3.05) is 6.61 Å². The molecule has 0 bridgehead atoms. The highest BCUT2D eigenvalue weighted by molar-refractivity contribution is 6.76. The number of nitriles is 2. The molecule has 0 aliphatic heterocycles. The van der Waals surface area contributed by atoms with Gasteiger partial charge in [-0.15, -0.1) is 0 Å². The Bertz CT molecular complexity index is 1190. The second kappa shape index (κ2) is 7.59. The van der Waals surface area contributed by atoms with Gasteiger partial charge in [0.25, 0.3) is 0 Å². The first kappa shape index (κ1) is 21.2. The summed E-state index contributed by atoms with van der Waals surface area (Å²) in [7, 11) is -1.13. The molecule has 1 aliphatic carbocycles. The molecular formula is C22H27N7OSi. The second-order valence-electron chi connectivity index (χ2n) is 9.64. The van der Waals surface area contributed by atoms with Gasteiger partial charge in [0, 0.05) is 38.0 Å². The molecule has 3 aromatic rings. The zero-order valence-electron chi connectivity index (χ0n) is 18.5. The summed E-state index contributed by atoms with van der Waals surface area (Å²) >= 11 is 0. The summed E-state index contributed by atoms with van der Waals surface area (Å²) in [6.07, 6.45) is 8.42.